The van der Waals surface area contributed by atoms with Gasteiger partial charge >= 0.3 is 12.1 Å². The van der Waals surface area contributed by atoms with Gasteiger partial charge in [0.1, 0.15) is 11.6 Å². The summed E-state index contributed by atoms with van der Waals surface area (Å²) in [4.78, 5) is 23.8. The highest BCUT2D eigenvalue weighted by molar-refractivity contribution is 8.03. The van der Waals surface area contributed by atoms with Crippen LogP contribution in [0, 0.1) is 6.92 Å². The molecule has 0 aromatic heterocycles. The Morgan fingerprint density at radius 2 is 1.81 bits per heavy atom. The van der Waals surface area contributed by atoms with E-state index >= 15 is 0 Å². The number of amides is 1. The third-order valence-electron chi connectivity index (χ3n) is 3.12. The molecule has 1 aromatic carbocycles. The second kappa shape index (κ2) is 9.80. The Kier molecular flexibility index (Phi) is 8.36. The van der Waals surface area contributed by atoms with Crippen molar-refractivity contribution in [3.8, 4) is 0 Å². The Hall–Kier alpha value is -2.00. The molecule has 150 valence electrons. The number of hydrogen-bond donors (Lipinski definition) is 1. The van der Waals surface area contributed by atoms with Crippen LogP contribution in [0.3, 0.4) is 0 Å². The number of esters is 1. The fourth-order valence-corrected chi connectivity index (χ4v) is 3.93. The summed E-state index contributed by atoms with van der Waals surface area (Å²) >= 11 is 1.06. The quantitative estimate of drug-likeness (QED) is 0.683. The van der Waals surface area contributed by atoms with Crippen molar-refractivity contribution in [2.75, 3.05) is 12.9 Å². The molecule has 0 aliphatic heterocycles. The summed E-state index contributed by atoms with van der Waals surface area (Å²) in [5, 5.41) is 4.84. The summed E-state index contributed by atoms with van der Waals surface area (Å²) in [5.74, 6) is -0.561. The second-order valence-electron chi connectivity index (χ2n) is 6.69. The van der Waals surface area contributed by atoms with Crippen molar-refractivity contribution in [1.82, 2.24) is 5.32 Å². The molecule has 1 atom stereocenters. The van der Waals surface area contributed by atoms with Gasteiger partial charge in [-0.1, -0.05) is 17.7 Å². The first-order chi connectivity index (χ1) is 12.4. The number of sulfone groups is 1. The van der Waals surface area contributed by atoms with Crippen LogP contribution in [0.1, 0.15) is 26.3 Å². The lowest BCUT2D eigenvalue weighted by Crippen LogP contribution is -2.45. The van der Waals surface area contributed by atoms with Crippen molar-refractivity contribution in [1.29, 1.82) is 0 Å². The Labute approximate surface area is 164 Å². The topological polar surface area (TPSA) is 98.8 Å². The summed E-state index contributed by atoms with van der Waals surface area (Å²) in [6.45, 7) is 6.97. The number of thioether (sulfide) groups is 1. The molecular weight excluding hydrogens is 390 g/mol. The van der Waals surface area contributed by atoms with Crippen LogP contribution < -0.4 is 5.32 Å². The van der Waals surface area contributed by atoms with E-state index in [0.29, 0.717) is 0 Å². The highest BCUT2D eigenvalue weighted by Gasteiger charge is 2.24. The standard InChI is InChI=1S/C18H25NO6S2/c1-13-6-8-14(9-7-13)27(22,23)11-10-26-12-15(16(20)24-5)19-17(21)25-18(2,3)4/h6-11,15H,12H2,1-5H3,(H,19,21)/b11-10-/t15-/m0/s1. The van der Waals surface area contributed by atoms with Crippen LogP contribution in [0.25, 0.3) is 0 Å². The van der Waals surface area contributed by atoms with Gasteiger partial charge in [0, 0.05) is 11.2 Å². The van der Waals surface area contributed by atoms with Crippen LogP contribution in [0.5, 0.6) is 0 Å². The van der Waals surface area contributed by atoms with Crippen molar-refractivity contribution < 1.29 is 27.5 Å². The summed E-state index contributed by atoms with van der Waals surface area (Å²) in [6.07, 6.45) is -0.755. The molecule has 0 unspecified atom stereocenters. The maximum absolute atomic E-state index is 12.2. The molecule has 0 bridgehead atoms. The average Bonchev–Trinajstić information content (AvgIpc) is 2.55. The number of aryl methyl sites for hydroxylation is 1. The minimum Gasteiger partial charge on any atom is -0.467 e. The molecule has 7 nitrogen and oxygen atoms in total. The van der Waals surface area contributed by atoms with Crippen LogP contribution in [-0.2, 0) is 24.1 Å². The first-order valence-electron chi connectivity index (χ1n) is 8.12. The molecule has 1 aromatic rings. The predicted octanol–water partition coefficient (Wildman–Crippen LogP) is 3.04. The molecule has 0 heterocycles. The molecule has 1 N–H and O–H groups in total. The summed E-state index contributed by atoms with van der Waals surface area (Å²) in [5.41, 5.74) is 0.251. The van der Waals surface area contributed by atoms with Gasteiger partial charge in [-0.2, -0.15) is 0 Å². The first kappa shape index (κ1) is 23.0. The van der Waals surface area contributed by atoms with Gasteiger partial charge < -0.3 is 14.8 Å². The van der Waals surface area contributed by atoms with Crippen molar-refractivity contribution >= 4 is 33.7 Å². The van der Waals surface area contributed by atoms with E-state index < -0.39 is 33.5 Å². The van der Waals surface area contributed by atoms with Crippen molar-refractivity contribution in [3.05, 3.63) is 40.6 Å². The highest BCUT2D eigenvalue weighted by atomic mass is 32.2. The Balaban J connectivity index is 2.70. The van der Waals surface area contributed by atoms with E-state index in [2.05, 4.69) is 10.1 Å². The monoisotopic (exact) mass is 415 g/mol. The lowest BCUT2D eigenvalue weighted by Gasteiger charge is -2.22. The van der Waals surface area contributed by atoms with Crippen LogP contribution in [0.15, 0.2) is 40.0 Å². The third kappa shape index (κ3) is 8.49. The summed E-state index contributed by atoms with van der Waals surface area (Å²) in [6, 6.07) is 5.52. The number of ether oxygens (including phenoxy) is 2. The average molecular weight is 416 g/mol. The number of carbonyl (C=O) groups is 2. The number of carbonyl (C=O) groups excluding carboxylic acids is 2. The molecular formula is C18H25NO6S2. The third-order valence-corrected chi connectivity index (χ3v) is 5.57. The zero-order valence-corrected chi connectivity index (χ0v) is 17.6. The highest BCUT2D eigenvalue weighted by Crippen LogP contribution is 2.16. The molecule has 1 rings (SSSR count). The summed E-state index contributed by atoms with van der Waals surface area (Å²) in [7, 11) is -2.37. The van der Waals surface area contributed by atoms with Crippen molar-refractivity contribution in [2.45, 2.75) is 44.2 Å². The van der Waals surface area contributed by atoms with E-state index in [9.17, 15) is 18.0 Å². The number of nitrogens with one attached hydrogen (secondary N) is 1. The van der Waals surface area contributed by atoms with Crippen LogP contribution >= 0.6 is 11.8 Å². The SMILES string of the molecule is COC(=O)[C@H](CS/C=C\S(=O)(=O)c1ccc(C)cc1)NC(=O)OC(C)(C)C. The van der Waals surface area contributed by atoms with Gasteiger partial charge in [-0.25, -0.2) is 18.0 Å². The molecule has 0 fully saturated rings. The van der Waals surface area contributed by atoms with Gasteiger partial charge in [-0.05, 0) is 45.2 Å². The van der Waals surface area contributed by atoms with Crippen LogP contribution in [-0.4, -0.2) is 45.0 Å². The maximum atomic E-state index is 12.2. The van der Waals surface area contributed by atoms with E-state index in [1.807, 2.05) is 6.92 Å². The molecule has 0 spiro atoms. The lowest BCUT2D eigenvalue weighted by atomic mass is 10.2. The largest absolute Gasteiger partial charge is 0.467 e. The number of benzene rings is 1. The maximum Gasteiger partial charge on any atom is 0.408 e. The van der Waals surface area contributed by atoms with E-state index in [1.54, 1.807) is 32.9 Å². The van der Waals surface area contributed by atoms with Gasteiger partial charge in [-0.15, -0.1) is 11.8 Å². The Morgan fingerprint density at radius 1 is 1.22 bits per heavy atom. The lowest BCUT2D eigenvalue weighted by molar-refractivity contribution is -0.142. The Bertz CT molecular complexity index is 779. The molecule has 9 heteroatoms. The number of alkyl carbamates (subject to hydrolysis) is 1. The minimum atomic E-state index is -3.58. The first-order valence-corrected chi connectivity index (χ1v) is 10.7. The molecule has 0 aliphatic rings. The molecule has 0 saturated heterocycles. The zero-order valence-electron chi connectivity index (χ0n) is 16.0. The molecule has 0 radical (unpaired) electrons. The van der Waals surface area contributed by atoms with E-state index in [1.165, 1.54) is 24.7 Å². The number of methoxy groups -OCH3 is 1. The van der Waals surface area contributed by atoms with Crippen molar-refractivity contribution in [2.24, 2.45) is 0 Å². The second-order valence-corrected chi connectivity index (χ2v) is 9.46. The molecule has 1 amide bonds. The Morgan fingerprint density at radius 3 is 2.33 bits per heavy atom. The van der Waals surface area contributed by atoms with Gasteiger partial charge in [0.25, 0.3) is 0 Å². The normalized spacial score (nSPS) is 13.2. The predicted molar refractivity (Wildman–Crippen MR) is 105 cm³/mol. The van der Waals surface area contributed by atoms with Gasteiger partial charge in [0.15, 0.2) is 9.84 Å². The minimum absolute atomic E-state index is 0.0891. The van der Waals surface area contributed by atoms with E-state index in [0.717, 1.165) is 22.7 Å². The van der Waals surface area contributed by atoms with E-state index in [4.69, 9.17) is 4.74 Å². The molecule has 0 aliphatic carbocycles. The van der Waals surface area contributed by atoms with Gasteiger partial charge in [-0.3, -0.25) is 0 Å². The smallest absolute Gasteiger partial charge is 0.408 e. The number of hydrogen-bond acceptors (Lipinski definition) is 7. The fraction of sp³-hybridized carbons (Fsp3) is 0.444. The van der Waals surface area contributed by atoms with Gasteiger partial charge in [0.2, 0.25) is 0 Å². The van der Waals surface area contributed by atoms with Crippen molar-refractivity contribution in [3.63, 3.8) is 0 Å². The summed E-state index contributed by atoms with van der Waals surface area (Å²) < 4.78 is 34.2. The van der Waals surface area contributed by atoms with Crippen LogP contribution in [0.4, 0.5) is 4.79 Å². The number of rotatable bonds is 7. The van der Waals surface area contributed by atoms with Crippen LogP contribution in [0.2, 0.25) is 0 Å². The fourth-order valence-electron chi connectivity index (χ4n) is 1.83. The molecule has 27 heavy (non-hydrogen) atoms. The zero-order chi connectivity index (χ0) is 20.7. The molecule has 0 saturated carbocycles. The van der Waals surface area contributed by atoms with E-state index in [-0.39, 0.29) is 10.6 Å². The van der Waals surface area contributed by atoms with Gasteiger partial charge in [0.05, 0.1) is 12.0 Å².